The lowest BCUT2D eigenvalue weighted by molar-refractivity contribution is -0.137. The van der Waals surface area contributed by atoms with Gasteiger partial charge in [0.15, 0.2) is 5.82 Å². The number of imidazole rings is 2. The van der Waals surface area contributed by atoms with E-state index in [1.807, 2.05) is 23.5 Å². The van der Waals surface area contributed by atoms with Crippen molar-refractivity contribution < 1.29 is 27.4 Å². The largest absolute Gasteiger partial charge is 0.497 e. The van der Waals surface area contributed by atoms with E-state index < -0.39 is 17.6 Å². The summed E-state index contributed by atoms with van der Waals surface area (Å²) in [6.07, 6.45) is 2.77. The molecule has 0 unspecified atom stereocenters. The van der Waals surface area contributed by atoms with E-state index in [0.717, 1.165) is 17.8 Å². The summed E-state index contributed by atoms with van der Waals surface area (Å²) in [7, 11) is 4.88. The third-order valence-corrected chi connectivity index (χ3v) is 8.60. The Hall–Kier alpha value is -5.83. The van der Waals surface area contributed by atoms with Crippen LogP contribution < -0.4 is 19.7 Å². The van der Waals surface area contributed by atoms with Crippen LogP contribution in [0.3, 0.4) is 0 Å². The van der Waals surface area contributed by atoms with Crippen LogP contribution in [-0.2, 0) is 26.3 Å². The Morgan fingerprint density at radius 1 is 1.00 bits per heavy atom. The lowest BCUT2D eigenvalue weighted by atomic mass is 10.1. The third-order valence-electron chi connectivity index (χ3n) is 8.29. The zero-order valence-electron chi connectivity index (χ0n) is 27.2. The second kappa shape index (κ2) is 12.6. The van der Waals surface area contributed by atoms with E-state index in [-0.39, 0.29) is 17.1 Å². The summed E-state index contributed by atoms with van der Waals surface area (Å²) in [6, 6.07) is 11.1. The number of methoxy groups -OCH3 is 2. The maximum Gasteiger partial charge on any atom is 0.417 e. The van der Waals surface area contributed by atoms with Crippen LogP contribution in [0.1, 0.15) is 33.0 Å². The summed E-state index contributed by atoms with van der Waals surface area (Å²) in [5.41, 5.74) is 3.12. The highest BCUT2D eigenvalue weighted by molar-refractivity contribution is 6.35. The number of rotatable bonds is 9. The number of hydrogen-bond donors (Lipinski definition) is 1. The smallest absolute Gasteiger partial charge is 0.417 e. The normalized spacial score (nSPS) is 11.8. The minimum Gasteiger partial charge on any atom is -0.497 e. The summed E-state index contributed by atoms with van der Waals surface area (Å²) in [5, 5.41) is 7.74. The number of amides is 1. The van der Waals surface area contributed by atoms with Gasteiger partial charge in [0, 0.05) is 43.8 Å². The number of aryl methyl sites for hydroxylation is 2. The van der Waals surface area contributed by atoms with Gasteiger partial charge in [0.05, 0.1) is 71.7 Å². The first kappa shape index (κ1) is 32.7. The zero-order chi connectivity index (χ0) is 35.3. The number of carbonyl (C=O) groups excluding carboxylic acids is 1. The van der Waals surface area contributed by atoms with E-state index in [2.05, 4.69) is 20.4 Å². The minimum atomic E-state index is -4.52. The summed E-state index contributed by atoms with van der Waals surface area (Å²) in [6.45, 7) is 2.16. The quantitative estimate of drug-likeness (QED) is 0.176. The maximum absolute atomic E-state index is 14.4. The number of ether oxygens (including phenoxy) is 2. The van der Waals surface area contributed by atoms with Gasteiger partial charge in [-0.1, -0.05) is 11.6 Å². The Labute approximate surface area is 287 Å². The molecule has 0 atom stereocenters. The van der Waals surface area contributed by atoms with Crippen LogP contribution in [0.2, 0.25) is 5.02 Å². The Kier molecular flexibility index (Phi) is 8.22. The van der Waals surface area contributed by atoms with Gasteiger partial charge in [0.2, 0.25) is 0 Å². The monoisotopic (exact) mass is 703 g/mol. The molecule has 0 spiro atoms. The second-order valence-electron chi connectivity index (χ2n) is 11.5. The average molecular weight is 704 g/mol. The molecule has 16 heteroatoms. The SMILES string of the molecule is COc1ccc(CNc2nc3cc(Cl)c(C(=O)N(Cc4cn5cc(C(F)(F)F)ccc5n4)c4cnn(C)c4)cc3n3c(C)ncc23)c(OC)c1. The maximum atomic E-state index is 14.4. The molecule has 256 valence electrons. The molecular formula is C34H29ClF3N9O3. The first-order chi connectivity index (χ1) is 23.9. The van der Waals surface area contributed by atoms with E-state index in [1.165, 1.54) is 32.4 Å². The van der Waals surface area contributed by atoms with Gasteiger partial charge >= 0.3 is 6.18 Å². The molecule has 0 bridgehead atoms. The second-order valence-corrected chi connectivity index (χ2v) is 11.9. The summed E-state index contributed by atoms with van der Waals surface area (Å²) >= 11 is 6.81. The molecule has 0 aliphatic rings. The zero-order valence-corrected chi connectivity index (χ0v) is 27.9. The van der Waals surface area contributed by atoms with Gasteiger partial charge in [0.25, 0.3) is 5.91 Å². The molecule has 5 heterocycles. The molecule has 0 aliphatic carbocycles. The lowest BCUT2D eigenvalue weighted by Gasteiger charge is -2.21. The number of benzene rings is 2. The fourth-order valence-corrected chi connectivity index (χ4v) is 6.05. The molecule has 2 aromatic carbocycles. The molecule has 12 nitrogen and oxygen atoms in total. The van der Waals surface area contributed by atoms with Crippen molar-refractivity contribution in [2.45, 2.75) is 26.2 Å². The molecule has 0 fully saturated rings. The van der Waals surface area contributed by atoms with Gasteiger partial charge in [-0.25, -0.2) is 15.0 Å². The molecule has 7 aromatic rings. The number of hydrogen-bond acceptors (Lipinski definition) is 8. The van der Waals surface area contributed by atoms with Crippen molar-refractivity contribution in [2.75, 3.05) is 24.4 Å². The van der Waals surface area contributed by atoms with E-state index >= 15 is 0 Å². The summed E-state index contributed by atoms with van der Waals surface area (Å²) in [4.78, 5) is 29.6. The molecule has 5 aromatic heterocycles. The van der Waals surface area contributed by atoms with Gasteiger partial charge in [-0.2, -0.15) is 18.3 Å². The number of anilines is 2. The highest BCUT2D eigenvalue weighted by Crippen LogP contribution is 2.33. The van der Waals surface area contributed by atoms with Crippen LogP contribution in [0.5, 0.6) is 11.5 Å². The van der Waals surface area contributed by atoms with E-state index in [4.69, 9.17) is 26.1 Å². The highest BCUT2D eigenvalue weighted by atomic mass is 35.5. The number of aromatic nitrogens is 7. The standard InChI is InChI=1S/C34H29ClF3N9O3/c1-19-39-14-29-32(40-12-20-5-7-24(49-3)9-30(20)50-4)43-27-11-26(35)25(10-28(27)47(19)29)33(48)46(23-13-41-44(2)18-23)17-22-16-45-15-21(34(36,37)38)6-8-31(45)42-22/h5-11,13-16,18H,12,17H2,1-4H3,(H,40,43). The fraction of sp³-hybridized carbons (Fsp3) is 0.206. The Morgan fingerprint density at radius 2 is 1.82 bits per heavy atom. The number of carbonyl (C=O) groups is 1. The number of pyridine rings is 1. The number of nitrogens with one attached hydrogen (secondary N) is 1. The Morgan fingerprint density at radius 3 is 2.54 bits per heavy atom. The number of nitrogens with zero attached hydrogens (tertiary/aromatic N) is 8. The van der Waals surface area contributed by atoms with E-state index in [9.17, 15) is 18.0 Å². The van der Waals surface area contributed by atoms with E-state index in [1.54, 1.807) is 51.9 Å². The molecule has 50 heavy (non-hydrogen) atoms. The van der Waals surface area contributed by atoms with Crippen LogP contribution in [0.25, 0.3) is 22.2 Å². The van der Waals surface area contributed by atoms with Crippen LogP contribution in [0.15, 0.2) is 73.4 Å². The molecule has 1 amide bonds. The topological polar surface area (TPSA) is 116 Å². The van der Waals surface area contributed by atoms with Gasteiger partial charge in [-0.15, -0.1) is 0 Å². The molecule has 1 N–H and O–H groups in total. The van der Waals surface area contributed by atoms with Crippen molar-refractivity contribution in [2.24, 2.45) is 7.05 Å². The number of alkyl halides is 3. The fourth-order valence-electron chi connectivity index (χ4n) is 5.81. The van der Waals surface area contributed by atoms with E-state index in [0.29, 0.717) is 63.3 Å². The Bertz CT molecular complexity index is 2420. The van der Waals surface area contributed by atoms with Crippen LogP contribution in [-0.4, -0.2) is 53.7 Å². The van der Waals surface area contributed by atoms with Crippen LogP contribution >= 0.6 is 11.6 Å². The van der Waals surface area contributed by atoms with Gasteiger partial charge in [-0.05, 0) is 43.3 Å². The predicted octanol–water partition coefficient (Wildman–Crippen LogP) is 6.72. The summed E-state index contributed by atoms with van der Waals surface area (Å²) in [5.74, 6) is 2.05. The third kappa shape index (κ3) is 6.00. The van der Waals surface area contributed by atoms with Crippen molar-refractivity contribution in [1.29, 1.82) is 0 Å². The van der Waals surface area contributed by atoms with Crippen molar-refractivity contribution >= 4 is 51.2 Å². The molecular weight excluding hydrogens is 675 g/mol. The van der Waals surface area contributed by atoms with Crippen molar-refractivity contribution in [3.8, 4) is 11.5 Å². The van der Waals surface area contributed by atoms with Crippen LogP contribution in [0.4, 0.5) is 24.7 Å². The molecule has 0 radical (unpaired) electrons. The van der Waals surface area contributed by atoms with Crippen molar-refractivity contribution in [1.82, 2.24) is 33.5 Å². The highest BCUT2D eigenvalue weighted by Gasteiger charge is 2.31. The molecule has 0 aliphatic heterocycles. The molecule has 0 saturated carbocycles. The van der Waals surface area contributed by atoms with Gasteiger partial charge in [0.1, 0.15) is 28.5 Å². The first-order valence-electron chi connectivity index (χ1n) is 15.2. The minimum absolute atomic E-state index is 0.0721. The average Bonchev–Trinajstić information content (AvgIpc) is 3.82. The van der Waals surface area contributed by atoms with Crippen molar-refractivity contribution in [3.05, 3.63) is 107 Å². The first-order valence-corrected chi connectivity index (χ1v) is 15.6. The number of halogens is 4. The van der Waals surface area contributed by atoms with Crippen molar-refractivity contribution in [3.63, 3.8) is 0 Å². The molecule has 7 rings (SSSR count). The number of fused-ring (bicyclic) bond motifs is 4. The molecule has 0 saturated heterocycles. The predicted molar refractivity (Wildman–Crippen MR) is 181 cm³/mol. The Balaban J connectivity index is 1.26. The van der Waals surface area contributed by atoms with Gasteiger partial charge < -0.3 is 19.2 Å². The lowest BCUT2D eigenvalue weighted by Crippen LogP contribution is -2.30. The summed E-state index contributed by atoms with van der Waals surface area (Å²) < 4.78 is 55.6. The van der Waals surface area contributed by atoms with Crippen LogP contribution in [0, 0.1) is 6.92 Å². The van der Waals surface area contributed by atoms with Gasteiger partial charge in [-0.3, -0.25) is 18.8 Å².